The van der Waals surface area contributed by atoms with E-state index in [2.05, 4.69) is 5.16 Å². The van der Waals surface area contributed by atoms with Crippen molar-refractivity contribution in [2.24, 2.45) is 0 Å². The molecular weight excluding hydrogens is 256 g/mol. The van der Waals surface area contributed by atoms with E-state index in [1.807, 2.05) is 30.3 Å². The third-order valence-corrected chi connectivity index (χ3v) is 3.36. The van der Waals surface area contributed by atoms with E-state index in [1.54, 1.807) is 17.9 Å². The Morgan fingerprint density at radius 1 is 1.35 bits per heavy atom. The van der Waals surface area contributed by atoms with Gasteiger partial charge in [0.15, 0.2) is 0 Å². The van der Waals surface area contributed by atoms with Gasteiger partial charge in [-0.1, -0.05) is 35.5 Å². The summed E-state index contributed by atoms with van der Waals surface area (Å²) >= 11 is 0. The highest BCUT2D eigenvalue weighted by Crippen LogP contribution is 2.23. The van der Waals surface area contributed by atoms with Crippen molar-refractivity contribution in [1.82, 2.24) is 10.1 Å². The van der Waals surface area contributed by atoms with E-state index >= 15 is 0 Å². The monoisotopic (exact) mass is 272 g/mol. The van der Waals surface area contributed by atoms with Crippen molar-refractivity contribution in [1.29, 1.82) is 0 Å². The van der Waals surface area contributed by atoms with Gasteiger partial charge in [-0.15, -0.1) is 0 Å². The number of aryl methyl sites for hydroxylation is 1. The number of benzene rings is 1. The van der Waals surface area contributed by atoms with Crippen molar-refractivity contribution in [3.63, 3.8) is 0 Å². The first-order chi connectivity index (χ1) is 9.74. The molecule has 0 radical (unpaired) electrons. The van der Waals surface area contributed by atoms with Gasteiger partial charge in [-0.2, -0.15) is 0 Å². The minimum Gasteiger partial charge on any atom is -0.370 e. The lowest BCUT2D eigenvalue weighted by Gasteiger charge is -2.32. The third-order valence-electron chi connectivity index (χ3n) is 3.36. The Morgan fingerprint density at radius 3 is 2.85 bits per heavy atom. The number of nitrogens with zero attached hydrogens (tertiary/aromatic N) is 2. The van der Waals surface area contributed by atoms with Crippen molar-refractivity contribution >= 4 is 5.91 Å². The minimum absolute atomic E-state index is 0.0853. The fraction of sp³-hybridized carbons (Fsp3) is 0.333. The fourth-order valence-electron chi connectivity index (χ4n) is 2.32. The van der Waals surface area contributed by atoms with Crippen molar-refractivity contribution in [2.75, 3.05) is 19.7 Å². The van der Waals surface area contributed by atoms with Gasteiger partial charge < -0.3 is 14.2 Å². The van der Waals surface area contributed by atoms with Crippen LogP contribution >= 0.6 is 0 Å². The Labute approximate surface area is 117 Å². The van der Waals surface area contributed by atoms with Crippen LogP contribution in [0.15, 0.2) is 40.9 Å². The van der Waals surface area contributed by atoms with Gasteiger partial charge in [0.25, 0.3) is 5.91 Å². The summed E-state index contributed by atoms with van der Waals surface area (Å²) in [6.45, 7) is 3.43. The number of carbonyl (C=O) groups excluding carboxylic acids is 1. The largest absolute Gasteiger partial charge is 0.370 e. The van der Waals surface area contributed by atoms with Crippen molar-refractivity contribution in [3.8, 4) is 0 Å². The predicted molar refractivity (Wildman–Crippen MR) is 72.3 cm³/mol. The highest BCUT2D eigenvalue weighted by atomic mass is 16.5. The van der Waals surface area contributed by atoms with Gasteiger partial charge in [0.2, 0.25) is 5.76 Å². The molecule has 5 heteroatoms. The lowest BCUT2D eigenvalue weighted by Crippen LogP contribution is -2.42. The summed E-state index contributed by atoms with van der Waals surface area (Å²) in [7, 11) is 0. The van der Waals surface area contributed by atoms with Gasteiger partial charge in [-0.3, -0.25) is 4.79 Å². The second-order valence-electron chi connectivity index (χ2n) is 4.85. The van der Waals surface area contributed by atoms with Gasteiger partial charge in [-0.25, -0.2) is 0 Å². The van der Waals surface area contributed by atoms with Crippen LogP contribution < -0.4 is 0 Å². The van der Waals surface area contributed by atoms with Crippen LogP contribution in [0, 0.1) is 6.92 Å². The summed E-state index contributed by atoms with van der Waals surface area (Å²) in [6.07, 6.45) is -0.0853. The summed E-state index contributed by atoms with van der Waals surface area (Å²) < 4.78 is 10.8. The zero-order valence-corrected chi connectivity index (χ0v) is 11.3. The Balaban J connectivity index is 1.74. The van der Waals surface area contributed by atoms with Crippen LogP contribution in [0.25, 0.3) is 0 Å². The molecule has 0 aliphatic carbocycles. The number of carbonyl (C=O) groups is 1. The maximum Gasteiger partial charge on any atom is 0.292 e. The Bertz CT molecular complexity index is 594. The van der Waals surface area contributed by atoms with Crippen molar-refractivity contribution in [2.45, 2.75) is 13.0 Å². The number of rotatable bonds is 2. The SMILES string of the molecule is Cc1cc(C(=O)N2CCO[C@H](c3ccccc3)C2)on1. The summed E-state index contributed by atoms with van der Waals surface area (Å²) in [4.78, 5) is 14.1. The van der Waals surface area contributed by atoms with Crippen LogP contribution in [-0.2, 0) is 4.74 Å². The number of aromatic nitrogens is 1. The molecule has 1 aromatic carbocycles. The lowest BCUT2D eigenvalue weighted by molar-refractivity contribution is -0.0240. The lowest BCUT2D eigenvalue weighted by atomic mass is 10.1. The van der Waals surface area contributed by atoms with E-state index in [1.165, 1.54) is 0 Å². The van der Waals surface area contributed by atoms with Crippen molar-refractivity contribution in [3.05, 3.63) is 53.4 Å². The normalized spacial score (nSPS) is 19.1. The van der Waals surface area contributed by atoms with Gasteiger partial charge >= 0.3 is 0 Å². The second kappa shape index (κ2) is 5.46. The third kappa shape index (κ3) is 2.58. The molecule has 0 N–H and O–H groups in total. The van der Waals surface area contributed by atoms with Gasteiger partial charge in [0.1, 0.15) is 6.10 Å². The quantitative estimate of drug-likeness (QED) is 0.841. The molecule has 20 heavy (non-hydrogen) atoms. The van der Waals surface area contributed by atoms with E-state index in [0.717, 1.165) is 5.56 Å². The Hall–Kier alpha value is -2.14. The zero-order valence-electron chi connectivity index (χ0n) is 11.3. The number of ether oxygens (including phenoxy) is 1. The van der Waals surface area contributed by atoms with Crippen LogP contribution in [0.2, 0.25) is 0 Å². The Morgan fingerprint density at radius 2 is 2.15 bits per heavy atom. The van der Waals surface area contributed by atoms with E-state index in [4.69, 9.17) is 9.26 Å². The molecule has 0 spiro atoms. The molecule has 1 saturated heterocycles. The van der Waals surface area contributed by atoms with E-state index in [0.29, 0.717) is 25.4 Å². The van der Waals surface area contributed by atoms with Crippen LogP contribution in [0.5, 0.6) is 0 Å². The highest BCUT2D eigenvalue weighted by Gasteiger charge is 2.27. The molecule has 2 aromatic rings. The smallest absolute Gasteiger partial charge is 0.292 e. The summed E-state index contributed by atoms with van der Waals surface area (Å²) in [5.74, 6) is 0.158. The number of hydrogen-bond acceptors (Lipinski definition) is 4. The van der Waals surface area contributed by atoms with Gasteiger partial charge in [0.05, 0.1) is 18.8 Å². The van der Waals surface area contributed by atoms with Crippen LogP contribution in [0.1, 0.15) is 27.9 Å². The summed E-state index contributed by atoms with van der Waals surface area (Å²) in [5, 5.41) is 3.76. The first kappa shape index (κ1) is 12.9. The van der Waals surface area contributed by atoms with E-state index in [-0.39, 0.29) is 17.8 Å². The molecule has 5 nitrogen and oxygen atoms in total. The molecule has 1 aromatic heterocycles. The molecule has 3 rings (SSSR count). The van der Waals surface area contributed by atoms with E-state index in [9.17, 15) is 4.79 Å². The zero-order chi connectivity index (χ0) is 13.9. The number of morpholine rings is 1. The fourth-order valence-corrected chi connectivity index (χ4v) is 2.32. The molecule has 2 heterocycles. The standard InChI is InChI=1S/C15H16N2O3/c1-11-9-13(20-16-11)15(18)17-7-8-19-14(10-17)12-5-3-2-4-6-12/h2-6,9,14H,7-8,10H2,1H3/t14-/m0/s1. The molecular formula is C15H16N2O3. The van der Waals surface area contributed by atoms with Crippen molar-refractivity contribution < 1.29 is 14.1 Å². The molecule has 104 valence electrons. The average molecular weight is 272 g/mol. The van der Waals surface area contributed by atoms with Gasteiger partial charge in [0, 0.05) is 12.6 Å². The van der Waals surface area contributed by atoms with Crippen LogP contribution in [0.3, 0.4) is 0 Å². The average Bonchev–Trinajstić information content (AvgIpc) is 2.94. The molecule has 1 aliphatic rings. The second-order valence-corrected chi connectivity index (χ2v) is 4.85. The molecule has 0 bridgehead atoms. The minimum atomic E-state index is -0.130. The maximum atomic E-state index is 12.3. The number of amides is 1. The predicted octanol–water partition coefficient (Wildman–Crippen LogP) is 2.20. The first-order valence-electron chi connectivity index (χ1n) is 6.63. The molecule has 1 atom stereocenters. The number of hydrogen-bond donors (Lipinski definition) is 0. The molecule has 0 saturated carbocycles. The van der Waals surface area contributed by atoms with Crippen LogP contribution in [0.4, 0.5) is 0 Å². The highest BCUT2D eigenvalue weighted by molar-refractivity contribution is 5.91. The Kier molecular flexibility index (Phi) is 3.52. The summed E-state index contributed by atoms with van der Waals surface area (Å²) in [5.41, 5.74) is 1.79. The van der Waals surface area contributed by atoms with Crippen LogP contribution in [-0.4, -0.2) is 35.7 Å². The molecule has 1 fully saturated rings. The molecule has 1 aliphatic heterocycles. The topological polar surface area (TPSA) is 55.6 Å². The van der Waals surface area contributed by atoms with Gasteiger partial charge in [-0.05, 0) is 12.5 Å². The molecule has 1 amide bonds. The summed E-state index contributed by atoms with van der Waals surface area (Å²) in [6, 6.07) is 11.6. The van der Waals surface area contributed by atoms with E-state index < -0.39 is 0 Å². The maximum absolute atomic E-state index is 12.3. The molecule has 0 unspecified atom stereocenters. The first-order valence-corrected chi connectivity index (χ1v) is 6.63.